The lowest BCUT2D eigenvalue weighted by atomic mass is 9.95. The van der Waals surface area contributed by atoms with Gasteiger partial charge in [-0.15, -0.1) is 10.2 Å². The minimum absolute atomic E-state index is 0.0661. The van der Waals surface area contributed by atoms with E-state index in [1.54, 1.807) is 0 Å². The van der Waals surface area contributed by atoms with Gasteiger partial charge in [-0.05, 0) is 51.3 Å². The van der Waals surface area contributed by atoms with Crippen LogP contribution in [0.15, 0.2) is 23.4 Å². The Hall–Kier alpha value is -2.22. The van der Waals surface area contributed by atoms with Gasteiger partial charge >= 0.3 is 0 Å². The number of rotatable bonds is 10. The van der Waals surface area contributed by atoms with Crippen LogP contribution in [-0.2, 0) is 17.9 Å². The summed E-state index contributed by atoms with van der Waals surface area (Å²) in [5.74, 6) is 2.57. The molecule has 0 atom stereocenters. The van der Waals surface area contributed by atoms with Crippen molar-refractivity contribution in [1.29, 1.82) is 0 Å². The molecular weight excluding hydrogens is 400 g/mol. The molecule has 1 N–H and O–H groups in total. The number of hydrogen-bond donors (Lipinski definition) is 1. The Morgan fingerprint density at radius 3 is 2.70 bits per heavy atom. The number of hydrogen-bond acceptors (Lipinski definition) is 6. The molecule has 2 aromatic rings. The lowest BCUT2D eigenvalue weighted by Crippen LogP contribution is -2.37. The third kappa shape index (κ3) is 6.14. The SMILES string of the molecule is CCOc1cc(C)ccc1OCc1nnc(SCC(=O)NC2CCCCC2)n1CC. The standard InChI is InChI=1S/C22H32N4O3S/c1-4-26-20(14-29-18-12-11-16(3)13-19(18)28-5-2)24-25-22(26)30-15-21(27)23-17-9-7-6-8-10-17/h11-13,17H,4-10,14-15H2,1-3H3,(H,23,27). The lowest BCUT2D eigenvalue weighted by Gasteiger charge is -2.22. The van der Waals surface area contributed by atoms with Crippen molar-refractivity contribution in [2.75, 3.05) is 12.4 Å². The zero-order valence-electron chi connectivity index (χ0n) is 18.1. The number of aromatic nitrogens is 3. The molecule has 8 heteroatoms. The quantitative estimate of drug-likeness (QED) is 0.569. The van der Waals surface area contributed by atoms with E-state index in [0.717, 1.165) is 35.1 Å². The number of benzene rings is 1. The number of thioether (sulfide) groups is 1. The molecule has 0 spiro atoms. The van der Waals surface area contributed by atoms with Crippen LogP contribution < -0.4 is 14.8 Å². The summed E-state index contributed by atoms with van der Waals surface area (Å²) in [6, 6.07) is 6.21. The van der Waals surface area contributed by atoms with Gasteiger partial charge in [0, 0.05) is 12.6 Å². The van der Waals surface area contributed by atoms with E-state index in [0.29, 0.717) is 37.3 Å². The predicted molar refractivity (Wildman–Crippen MR) is 118 cm³/mol. The molecule has 1 aliphatic rings. The summed E-state index contributed by atoms with van der Waals surface area (Å²) >= 11 is 1.42. The first kappa shape index (κ1) is 22.5. The summed E-state index contributed by atoms with van der Waals surface area (Å²) in [7, 11) is 0. The van der Waals surface area contributed by atoms with Crippen LogP contribution in [0.3, 0.4) is 0 Å². The molecule has 0 aliphatic heterocycles. The normalized spacial score (nSPS) is 14.5. The predicted octanol–water partition coefficient (Wildman–Crippen LogP) is 4.13. The van der Waals surface area contributed by atoms with Gasteiger partial charge in [-0.25, -0.2) is 0 Å². The van der Waals surface area contributed by atoms with Gasteiger partial charge in [-0.2, -0.15) is 0 Å². The smallest absolute Gasteiger partial charge is 0.230 e. The molecule has 0 radical (unpaired) electrons. The summed E-state index contributed by atoms with van der Waals surface area (Å²) in [6.45, 7) is 7.59. The Bertz CT molecular complexity index is 834. The Balaban J connectivity index is 1.57. The van der Waals surface area contributed by atoms with E-state index in [4.69, 9.17) is 9.47 Å². The van der Waals surface area contributed by atoms with E-state index >= 15 is 0 Å². The van der Waals surface area contributed by atoms with E-state index in [1.165, 1.54) is 31.0 Å². The van der Waals surface area contributed by atoms with Crippen molar-refractivity contribution in [2.24, 2.45) is 0 Å². The van der Waals surface area contributed by atoms with Crippen LogP contribution in [-0.4, -0.2) is 39.1 Å². The van der Waals surface area contributed by atoms with E-state index in [9.17, 15) is 4.79 Å². The number of ether oxygens (including phenoxy) is 2. The Morgan fingerprint density at radius 1 is 1.17 bits per heavy atom. The zero-order valence-corrected chi connectivity index (χ0v) is 19.0. The number of aryl methyl sites for hydroxylation is 1. The number of amides is 1. The highest BCUT2D eigenvalue weighted by Crippen LogP contribution is 2.29. The third-order valence-corrected chi connectivity index (χ3v) is 6.13. The van der Waals surface area contributed by atoms with Crippen molar-refractivity contribution in [3.63, 3.8) is 0 Å². The molecule has 0 unspecified atom stereocenters. The fourth-order valence-corrected chi connectivity index (χ4v) is 4.47. The van der Waals surface area contributed by atoms with Crippen molar-refractivity contribution in [2.45, 2.75) is 77.2 Å². The molecule has 1 amide bonds. The number of carbonyl (C=O) groups excluding carboxylic acids is 1. The van der Waals surface area contributed by atoms with Crippen LogP contribution in [0.2, 0.25) is 0 Å². The molecule has 1 aliphatic carbocycles. The van der Waals surface area contributed by atoms with Gasteiger partial charge in [0.05, 0.1) is 12.4 Å². The number of nitrogens with zero attached hydrogens (tertiary/aromatic N) is 3. The van der Waals surface area contributed by atoms with E-state index < -0.39 is 0 Å². The van der Waals surface area contributed by atoms with Crippen molar-refractivity contribution in [1.82, 2.24) is 20.1 Å². The second-order valence-electron chi connectivity index (χ2n) is 7.51. The van der Waals surface area contributed by atoms with E-state index in [-0.39, 0.29) is 5.91 Å². The van der Waals surface area contributed by atoms with Gasteiger partial charge in [-0.1, -0.05) is 37.1 Å². The summed E-state index contributed by atoms with van der Waals surface area (Å²) in [4.78, 5) is 12.3. The monoisotopic (exact) mass is 432 g/mol. The minimum atomic E-state index is 0.0661. The van der Waals surface area contributed by atoms with Crippen LogP contribution >= 0.6 is 11.8 Å². The molecule has 1 fully saturated rings. The van der Waals surface area contributed by atoms with Gasteiger partial charge < -0.3 is 19.4 Å². The number of carbonyl (C=O) groups is 1. The Labute approximate surface area is 182 Å². The topological polar surface area (TPSA) is 78.3 Å². The second kappa shape index (κ2) is 11.2. The molecule has 30 heavy (non-hydrogen) atoms. The maximum Gasteiger partial charge on any atom is 0.230 e. The Kier molecular flexibility index (Phi) is 8.42. The first-order valence-corrected chi connectivity index (χ1v) is 11.8. The van der Waals surface area contributed by atoms with Crippen molar-refractivity contribution < 1.29 is 14.3 Å². The molecule has 1 aromatic heterocycles. The molecule has 164 valence electrons. The van der Waals surface area contributed by atoms with Gasteiger partial charge in [0.25, 0.3) is 0 Å². The van der Waals surface area contributed by atoms with Crippen LogP contribution in [0.4, 0.5) is 0 Å². The fraction of sp³-hybridized carbons (Fsp3) is 0.591. The molecule has 1 saturated carbocycles. The third-order valence-electron chi connectivity index (χ3n) is 5.17. The van der Waals surface area contributed by atoms with Crippen LogP contribution in [0.1, 0.15) is 57.3 Å². The first-order valence-electron chi connectivity index (χ1n) is 10.8. The highest BCUT2D eigenvalue weighted by atomic mass is 32.2. The highest BCUT2D eigenvalue weighted by Gasteiger charge is 2.18. The zero-order chi connectivity index (χ0) is 21.3. The van der Waals surface area contributed by atoms with E-state index in [2.05, 4.69) is 15.5 Å². The fourth-order valence-electron chi connectivity index (χ4n) is 3.64. The van der Waals surface area contributed by atoms with Crippen LogP contribution in [0.5, 0.6) is 11.5 Å². The summed E-state index contributed by atoms with van der Waals surface area (Å²) in [6.07, 6.45) is 5.87. The second-order valence-corrected chi connectivity index (χ2v) is 8.45. The van der Waals surface area contributed by atoms with Gasteiger partial charge in [0.2, 0.25) is 5.91 Å². The molecule has 7 nitrogen and oxygen atoms in total. The minimum Gasteiger partial charge on any atom is -0.490 e. The largest absolute Gasteiger partial charge is 0.490 e. The lowest BCUT2D eigenvalue weighted by molar-refractivity contribution is -0.119. The molecule has 3 rings (SSSR count). The highest BCUT2D eigenvalue weighted by molar-refractivity contribution is 7.99. The molecular formula is C22H32N4O3S. The van der Waals surface area contributed by atoms with Gasteiger partial charge in [0.1, 0.15) is 6.61 Å². The average Bonchev–Trinajstić information content (AvgIpc) is 3.14. The van der Waals surface area contributed by atoms with E-state index in [1.807, 2.05) is 43.5 Å². The summed E-state index contributed by atoms with van der Waals surface area (Å²) < 4.78 is 13.6. The van der Waals surface area contributed by atoms with Gasteiger partial charge in [-0.3, -0.25) is 4.79 Å². The molecule has 0 bridgehead atoms. The number of nitrogens with one attached hydrogen (secondary N) is 1. The van der Waals surface area contributed by atoms with Crippen LogP contribution in [0.25, 0.3) is 0 Å². The van der Waals surface area contributed by atoms with Gasteiger partial charge in [0.15, 0.2) is 22.5 Å². The Morgan fingerprint density at radius 2 is 1.97 bits per heavy atom. The summed E-state index contributed by atoms with van der Waals surface area (Å²) in [5, 5.41) is 12.4. The molecule has 1 heterocycles. The summed E-state index contributed by atoms with van der Waals surface area (Å²) in [5.41, 5.74) is 1.12. The maximum atomic E-state index is 12.3. The molecule has 1 aromatic carbocycles. The average molecular weight is 433 g/mol. The molecule has 0 saturated heterocycles. The van der Waals surface area contributed by atoms with Crippen LogP contribution in [0, 0.1) is 6.92 Å². The van der Waals surface area contributed by atoms with Crippen molar-refractivity contribution in [3.05, 3.63) is 29.6 Å². The van der Waals surface area contributed by atoms with Crippen molar-refractivity contribution in [3.8, 4) is 11.5 Å². The first-order chi connectivity index (χ1) is 14.6. The van der Waals surface area contributed by atoms with Crippen molar-refractivity contribution >= 4 is 17.7 Å². The maximum absolute atomic E-state index is 12.3.